The number of benzene rings is 1. The maximum absolute atomic E-state index is 12.1. The molecule has 1 N–H and O–H groups in total. The lowest BCUT2D eigenvalue weighted by Gasteiger charge is -2.21. The Morgan fingerprint density at radius 1 is 1.27 bits per heavy atom. The molecule has 5 nitrogen and oxygen atoms in total. The third-order valence-corrected chi connectivity index (χ3v) is 3.39. The van der Waals surface area contributed by atoms with Crippen molar-refractivity contribution in [1.82, 2.24) is 4.90 Å². The number of amides is 2. The molecule has 0 spiro atoms. The van der Waals surface area contributed by atoms with Crippen LogP contribution in [0, 0.1) is 5.92 Å². The number of nitrogens with one attached hydrogen (secondary N) is 1. The van der Waals surface area contributed by atoms with Gasteiger partial charge in [0.05, 0.1) is 19.3 Å². The Hall–Kier alpha value is -2.04. The van der Waals surface area contributed by atoms with E-state index in [1.807, 2.05) is 19.1 Å². The number of carbonyl (C=O) groups is 2. The van der Waals surface area contributed by atoms with Crippen molar-refractivity contribution >= 4 is 17.5 Å². The molecule has 0 heterocycles. The van der Waals surface area contributed by atoms with Gasteiger partial charge in [0.2, 0.25) is 11.8 Å². The summed E-state index contributed by atoms with van der Waals surface area (Å²) < 4.78 is 5.19. The molecule has 0 radical (unpaired) electrons. The monoisotopic (exact) mass is 306 g/mol. The minimum atomic E-state index is -0.218. The molecule has 5 heteroatoms. The normalized spacial score (nSPS) is 10.4. The number of anilines is 1. The Labute approximate surface area is 132 Å². The van der Waals surface area contributed by atoms with Gasteiger partial charge in [-0.05, 0) is 31.4 Å². The fourth-order valence-electron chi connectivity index (χ4n) is 2.06. The van der Waals surface area contributed by atoms with E-state index in [4.69, 9.17) is 4.74 Å². The molecule has 1 rings (SSSR count). The molecule has 0 aromatic heterocycles. The zero-order valence-electron chi connectivity index (χ0n) is 13.9. The predicted molar refractivity (Wildman–Crippen MR) is 87.9 cm³/mol. The summed E-state index contributed by atoms with van der Waals surface area (Å²) in [7, 11) is 1.55. The van der Waals surface area contributed by atoms with Gasteiger partial charge in [0, 0.05) is 13.0 Å². The number of methoxy groups -OCH3 is 1. The van der Waals surface area contributed by atoms with Gasteiger partial charge < -0.3 is 15.0 Å². The zero-order chi connectivity index (χ0) is 16.5. The number of carbonyl (C=O) groups excluding carboxylic acids is 2. The van der Waals surface area contributed by atoms with Crippen molar-refractivity contribution in [2.75, 3.05) is 25.5 Å². The molecule has 0 aliphatic rings. The molecule has 122 valence electrons. The van der Waals surface area contributed by atoms with Crippen molar-refractivity contribution in [1.29, 1.82) is 0 Å². The molecule has 1 aromatic carbocycles. The van der Waals surface area contributed by atoms with Gasteiger partial charge in [-0.25, -0.2) is 0 Å². The van der Waals surface area contributed by atoms with Gasteiger partial charge in [-0.15, -0.1) is 0 Å². The minimum absolute atomic E-state index is 0.0198. The van der Waals surface area contributed by atoms with Crippen LogP contribution in [0.4, 0.5) is 5.69 Å². The Bertz CT molecular complexity index is 500. The van der Waals surface area contributed by atoms with Crippen LogP contribution in [-0.2, 0) is 9.59 Å². The third kappa shape index (κ3) is 5.76. The highest BCUT2D eigenvalue weighted by Crippen LogP contribution is 2.22. The van der Waals surface area contributed by atoms with E-state index in [0.29, 0.717) is 30.3 Å². The molecule has 0 aliphatic heterocycles. The minimum Gasteiger partial charge on any atom is -0.495 e. The summed E-state index contributed by atoms with van der Waals surface area (Å²) in [4.78, 5) is 25.8. The standard InChI is InChI=1S/C17H26N2O3/c1-5-19(17(21)11-10-13(2)3)12-16(20)18-14-8-6-7-9-15(14)22-4/h6-9,13H,5,10-12H2,1-4H3,(H,18,20). The smallest absolute Gasteiger partial charge is 0.244 e. The van der Waals surface area contributed by atoms with E-state index < -0.39 is 0 Å². The molecular weight excluding hydrogens is 280 g/mol. The van der Waals surface area contributed by atoms with E-state index in [1.165, 1.54) is 0 Å². The second kappa shape index (κ2) is 9.07. The molecule has 22 heavy (non-hydrogen) atoms. The summed E-state index contributed by atoms with van der Waals surface area (Å²) >= 11 is 0. The molecule has 0 saturated heterocycles. The van der Waals surface area contributed by atoms with Crippen LogP contribution in [-0.4, -0.2) is 36.9 Å². The van der Waals surface area contributed by atoms with E-state index in [0.717, 1.165) is 6.42 Å². The first kappa shape index (κ1) is 18.0. The molecule has 1 aromatic rings. The second-order valence-electron chi connectivity index (χ2n) is 5.59. The van der Waals surface area contributed by atoms with Gasteiger partial charge in [-0.3, -0.25) is 9.59 Å². The number of para-hydroxylation sites is 2. The van der Waals surface area contributed by atoms with Crippen LogP contribution >= 0.6 is 0 Å². The molecular formula is C17H26N2O3. The van der Waals surface area contributed by atoms with Crippen LogP contribution in [0.1, 0.15) is 33.6 Å². The predicted octanol–water partition coefficient (Wildman–Crippen LogP) is 2.92. The molecule has 2 amide bonds. The van der Waals surface area contributed by atoms with Crippen LogP contribution in [0.15, 0.2) is 24.3 Å². The van der Waals surface area contributed by atoms with Crippen molar-refractivity contribution in [2.45, 2.75) is 33.6 Å². The number of nitrogens with zero attached hydrogens (tertiary/aromatic N) is 1. The van der Waals surface area contributed by atoms with Crippen molar-refractivity contribution in [3.63, 3.8) is 0 Å². The lowest BCUT2D eigenvalue weighted by Crippen LogP contribution is -2.37. The Morgan fingerprint density at radius 2 is 1.95 bits per heavy atom. The van der Waals surface area contributed by atoms with E-state index in [1.54, 1.807) is 24.1 Å². The molecule has 0 unspecified atom stereocenters. The van der Waals surface area contributed by atoms with Gasteiger partial charge in [0.15, 0.2) is 0 Å². The molecule has 0 saturated carbocycles. The maximum Gasteiger partial charge on any atom is 0.244 e. The number of ether oxygens (including phenoxy) is 1. The van der Waals surface area contributed by atoms with Crippen LogP contribution < -0.4 is 10.1 Å². The number of hydrogen-bond donors (Lipinski definition) is 1. The molecule has 0 bridgehead atoms. The van der Waals surface area contributed by atoms with Crippen molar-refractivity contribution < 1.29 is 14.3 Å². The number of hydrogen-bond acceptors (Lipinski definition) is 3. The molecule has 0 aliphatic carbocycles. The Kier molecular flexibility index (Phi) is 7.43. The van der Waals surface area contributed by atoms with Gasteiger partial charge >= 0.3 is 0 Å². The highest BCUT2D eigenvalue weighted by molar-refractivity contribution is 5.95. The van der Waals surface area contributed by atoms with Gasteiger partial charge in [0.25, 0.3) is 0 Å². The van der Waals surface area contributed by atoms with E-state index in [9.17, 15) is 9.59 Å². The number of likely N-dealkylation sites (N-methyl/N-ethyl adjacent to an activating group) is 1. The average Bonchev–Trinajstić information content (AvgIpc) is 2.50. The van der Waals surface area contributed by atoms with E-state index in [-0.39, 0.29) is 18.4 Å². The number of rotatable bonds is 8. The highest BCUT2D eigenvalue weighted by atomic mass is 16.5. The van der Waals surface area contributed by atoms with Crippen LogP contribution in [0.5, 0.6) is 5.75 Å². The summed E-state index contributed by atoms with van der Waals surface area (Å²) in [6.45, 7) is 6.63. The lowest BCUT2D eigenvalue weighted by molar-refractivity contribution is -0.134. The average molecular weight is 306 g/mol. The Balaban J connectivity index is 2.59. The summed E-state index contributed by atoms with van der Waals surface area (Å²) in [5.41, 5.74) is 0.612. The van der Waals surface area contributed by atoms with E-state index >= 15 is 0 Å². The topological polar surface area (TPSA) is 58.6 Å². The van der Waals surface area contributed by atoms with Gasteiger partial charge in [0.1, 0.15) is 5.75 Å². The second-order valence-corrected chi connectivity index (χ2v) is 5.59. The SMILES string of the molecule is CCN(CC(=O)Nc1ccccc1OC)C(=O)CCC(C)C. The first-order valence-electron chi connectivity index (χ1n) is 7.68. The van der Waals surface area contributed by atoms with E-state index in [2.05, 4.69) is 19.2 Å². The van der Waals surface area contributed by atoms with Crippen molar-refractivity contribution in [2.24, 2.45) is 5.92 Å². The fourth-order valence-corrected chi connectivity index (χ4v) is 2.06. The first-order chi connectivity index (χ1) is 10.5. The summed E-state index contributed by atoms with van der Waals surface area (Å²) in [5, 5.41) is 2.79. The van der Waals surface area contributed by atoms with Crippen LogP contribution in [0.3, 0.4) is 0 Å². The van der Waals surface area contributed by atoms with Crippen molar-refractivity contribution in [3.05, 3.63) is 24.3 Å². The van der Waals surface area contributed by atoms with Crippen molar-refractivity contribution in [3.8, 4) is 5.75 Å². The third-order valence-electron chi connectivity index (χ3n) is 3.39. The summed E-state index contributed by atoms with van der Waals surface area (Å²) in [5.74, 6) is 0.880. The van der Waals surface area contributed by atoms with Crippen LogP contribution in [0.2, 0.25) is 0 Å². The van der Waals surface area contributed by atoms with Crippen LogP contribution in [0.25, 0.3) is 0 Å². The first-order valence-corrected chi connectivity index (χ1v) is 7.68. The summed E-state index contributed by atoms with van der Waals surface area (Å²) in [6.07, 6.45) is 1.32. The van der Waals surface area contributed by atoms with Gasteiger partial charge in [-0.2, -0.15) is 0 Å². The van der Waals surface area contributed by atoms with Gasteiger partial charge in [-0.1, -0.05) is 26.0 Å². The maximum atomic E-state index is 12.1. The lowest BCUT2D eigenvalue weighted by atomic mass is 10.1. The fraction of sp³-hybridized carbons (Fsp3) is 0.529. The quantitative estimate of drug-likeness (QED) is 0.803. The molecule has 0 atom stereocenters. The highest BCUT2D eigenvalue weighted by Gasteiger charge is 2.16. The summed E-state index contributed by atoms with van der Waals surface area (Å²) in [6, 6.07) is 7.21. The molecule has 0 fully saturated rings. The Morgan fingerprint density at radius 3 is 2.55 bits per heavy atom. The zero-order valence-corrected chi connectivity index (χ0v) is 13.9. The largest absolute Gasteiger partial charge is 0.495 e.